The minimum absolute atomic E-state index is 0.0989. The van der Waals surface area contributed by atoms with Crippen LogP contribution in [0.2, 0.25) is 0 Å². The van der Waals surface area contributed by atoms with Gasteiger partial charge in [-0.05, 0) is 69.4 Å². The Morgan fingerprint density at radius 2 is 1.52 bits per heavy atom. The molecule has 3 aromatic carbocycles. The highest BCUT2D eigenvalue weighted by atomic mass is 32.2. The van der Waals surface area contributed by atoms with Gasteiger partial charge >= 0.3 is 0 Å². The van der Waals surface area contributed by atoms with Gasteiger partial charge in [0.05, 0.1) is 10.6 Å². The Hall–Kier alpha value is -3.65. The molecule has 224 valence electrons. The molecule has 1 aliphatic rings. The van der Waals surface area contributed by atoms with Gasteiger partial charge in [0, 0.05) is 12.6 Å². The third-order valence-corrected chi connectivity index (χ3v) is 9.82. The first-order valence-electron chi connectivity index (χ1n) is 14.9. The summed E-state index contributed by atoms with van der Waals surface area (Å²) < 4.78 is 29.3. The predicted octanol–water partition coefficient (Wildman–Crippen LogP) is 6.06. The number of anilines is 1. The van der Waals surface area contributed by atoms with Gasteiger partial charge in [-0.25, -0.2) is 8.42 Å². The van der Waals surface area contributed by atoms with Gasteiger partial charge in [-0.2, -0.15) is 0 Å². The summed E-state index contributed by atoms with van der Waals surface area (Å²) in [7, 11) is -4.09. The van der Waals surface area contributed by atoms with Crippen LogP contribution in [0.5, 0.6) is 0 Å². The van der Waals surface area contributed by atoms with Crippen LogP contribution in [0.1, 0.15) is 67.7 Å². The molecule has 1 unspecified atom stereocenters. The zero-order valence-corrected chi connectivity index (χ0v) is 26.0. The molecule has 0 bridgehead atoms. The fourth-order valence-electron chi connectivity index (χ4n) is 5.67. The van der Waals surface area contributed by atoms with Gasteiger partial charge in [0.25, 0.3) is 10.0 Å². The number of hydrogen-bond donors (Lipinski definition) is 1. The summed E-state index contributed by atoms with van der Waals surface area (Å²) in [5.74, 6) is -0.616. The maximum atomic E-state index is 14.3. The first-order valence-corrected chi connectivity index (χ1v) is 16.3. The standard InChI is InChI=1S/C34H43N3O4S/c1-5-31(34(39)35-29-12-8-6-9-13-29)36(23-28-19-16-25(2)17-20-28)33(38)24-37(32-21-18-26(3)22-27(32)4)42(40,41)30-14-10-7-11-15-30/h7,10-11,14-22,29,31H,5-6,8-9,12-13,23-24H2,1-4H3,(H,35,39). The number of nitrogens with one attached hydrogen (secondary N) is 1. The summed E-state index contributed by atoms with van der Waals surface area (Å²) in [4.78, 5) is 29.6. The molecular formula is C34H43N3O4S. The van der Waals surface area contributed by atoms with Crippen molar-refractivity contribution in [2.24, 2.45) is 0 Å². The van der Waals surface area contributed by atoms with E-state index in [0.29, 0.717) is 12.1 Å². The summed E-state index contributed by atoms with van der Waals surface area (Å²) in [5, 5.41) is 3.19. The molecule has 0 aromatic heterocycles. The number of aryl methyl sites for hydroxylation is 3. The third kappa shape index (κ3) is 7.59. The molecule has 0 saturated heterocycles. The lowest BCUT2D eigenvalue weighted by Crippen LogP contribution is -2.54. The van der Waals surface area contributed by atoms with Crippen molar-refractivity contribution in [3.05, 3.63) is 95.1 Å². The molecule has 1 N–H and O–H groups in total. The quantitative estimate of drug-likeness (QED) is 0.294. The van der Waals surface area contributed by atoms with E-state index in [9.17, 15) is 18.0 Å². The minimum Gasteiger partial charge on any atom is -0.352 e. The second kappa shape index (κ2) is 14.0. The topological polar surface area (TPSA) is 86.8 Å². The molecule has 1 aliphatic carbocycles. The maximum Gasteiger partial charge on any atom is 0.264 e. The first-order chi connectivity index (χ1) is 20.1. The summed E-state index contributed by atoms with van der Waals surface area (Å²) in [6.07, 6.45) is 5.61. The largest absolute Gasteiger partial charge is 0.352 e. The van der Waals surface area contributed by atoms with Crippen molar-refractivity contribution in [1.29, 1.82) is 0 Å². The Morgan fingerprint density at radius 3 is 2.14 bits per heavy atom. The van der Waals surface area contributed by atoms with Crippen molar-refractivity contribution in [1.82, 2.24) is 10.2 Å². The van der Waals surface area contributed by atoms with Crippen LogP contribution in [-0.2, 0) is 26.2 Å². The molecule has 2 amide bonds. The van der Waals surface area contributed by atoms with E-state index in [0.717, 1.165) is 47.9 Å². The Morgan fingerprint density at radius 1 is 0.881 bits per heavy atom. The number of nitrogens with zero attached hydrogens (tertiary/aromatic N) is 2. The summed E-state index contributed by atoms with van der Waals surface area (Å²) >= 11 is 0. The van der Waals surface area contributed by atoms with Crippen LogP contribution < -0.4 is 9.62 Å². The molecule has 0 aliphatic heterocycles. The Labute approximate surface area is 251 Å². The smallest absolute Gasteiger partial charge is 0.264 e. The van der Waals surface area contributed by atoms with Gasteiger partial charge < -0.3 is 10.2 Å². The molecule has 3 aromatic rings. The van der Waals surface area contributed by atoms with Crippen molar-refractivity contribution in [3.8, 4) is 0 Å². The Kier molecular flexibility index (Phi) is 10.4. The second-order valence-electron chi connectivity index (χ2n) is 11.4. The van der Waals surface area contributed by atoms with E-state index >= 15 is 0 Å². The van der Waals surface area contributed by atoms with Gasteiger partial charge in [0.15, 0.2) is 0 Å². The van der Waals surface area contributed by atoms with E-state index < -0.39 is 28.5 Å². The molecule has 7 nitrogen and oxygen atoms in total. The monoisotopic (exact) mass is 589 g/mol. The van der Waals surface area contributed by atoms with Crippen molar-refractivity contribution in [2.75, 3.05) is 10.8 Å². The van der Waals surface area contributed by atoms with Gasteiger partial charge in [-0.1, -0.05) is 91.9 Å². The summed E-state index contributed by atoms with van der Waals surface area (Å²) in [6, 6.07) is 20.9. The number of hydrogen-bond acceptors (Lipinski definition) is 4. The lowest BCUT2D eigenvalue weighted by molar-refractivity contribution is -0.140. The van der Waals surface area contributed by atoms with Gasteiger partial charge in [-0.15, -0.1) is 0 Å². The second-order valence-corrected chi connectivity index (χ2v) is 13.3. The van der Waals surface area contributed by atoms with Crippen LogP contribution in [0.15, 0.2) is 77.7 Å². The SMILES string of the molecule is CCC(C(=O)NC1CCCCC1)N(Cc1ccc(C)cc1)C(=O)CN(c1ccc(C)cc1C)S(=O)(=O)c1ccccc1. The van der Waals surface area contributed by atoms with Gasteiger partial charge in [-0.3, -0.25) is 13.9 Å². The Balaban J connectivity index is 1.72. The zero-order valence-electron chi connectivity index (χ0n) is 25.2. The van der Waals surface area contributed by atoms with Crippen LogP contribution in [0.4, 0.5) is 5.69 Å². The molecule has 0 spiro atoms. The van der Waals surface area contributed by atoms with E-state index in [-0.39, 0.29) is 23.4 Å². The van der Waals surface area contributed by atoms with E-state index in [4.69, 9.17) is 0 Å². The molecule has 1 fully saturated rings. The molecule has 4 rings (SSSR count). The summed E-state index contributed by atoms with van der Waals surface area (Å²) in [6.45, 7) is 7.44. The maximum absolute atomic E-state index is 14.3. The van der Waals surface area contributed by atoms with E-state index in [1.807, 2.05) is 64.1 Å². The number of carbonyl (C=O) groups is 2. The van der Waals surface area contributed by atoms with Crippen LogP contribution in [0.3, 0.4) is 0 Å². The van der Waals surface area contributed by atoms with Crippen molar-refractivity contribution < 1.29 is 18.0 Å². The average Bonchev–Trinajstić information content (AvgIpc) is 2.98. The van der Waals surface area contributed by atoms with Crippen LogP contribution >= 0.6 is 0 Å². The fourth-order valence-corrected chi connectivity index (χ4v) is 7.17. The number of sulfonamides is 1. The van der Waals surface area contributed by atoms with Gasteiger partial charge in [0.2, 0.25) is 11.8 Å². The highest BCUT2D eigenvalue weighted by Crippen LogP contribution is 2.28. The minimum atomic E-state index is -4.09. The molecule has 1 atom stereocenters. The number of rotatable bonds is 11. The molecule has 0 radical (unpaired) electrons. The van der Waals surface area contributed by atoms with E-state index in [1.165, 1.54) is 22.9 Å². The van der Waals surface area contributed by atoms with E-state index in [1.54, 1.807) is 29.2 Å². The molecule has 8 heteroatoms. The third-order valence-electron chi connectivity index (χ3n) is 8.04. The highest BCUT2D eigenvalue weighted by molar-refractivity contribution is 7.92. The molecule has 1 saturated carbocycles. The van der Waals surface area contributed by atoms with E-state index in [2.05, 4.69) is 5.32 Å². The number of benzene rings is 3. The molecule has 42 heavy (non-hydrogen) atoms. The zero-order chi connectivity index (χ0) is 30.3. The highest BCUT2D eigenvalue weighted by Gasteiger charge is 2.34. The fraction of sp³-hybridized carbons (Fsp3) is 0.412. The van der Waals surface area contributed by atoms with Crippen LogP contribution in [-0.4, -0.2) is 43.8 Å². The van der Waals surface area contributed by atoms with Crippen molar-refractivity contribution >= 4 is 27.5 Å². The molecule has 0 heterocycles. The van der Waals surface area contributed by atoms with Crippen LogP contribution in [0, 0.1) is 20.8 Å². The number of amides is 2. The average molecular weight is 590 g/mol. The normalized spacial score (nSPS) is 14.7. The molecular weight excluding hydrogens is 546 g/mol. The Bertz CT molecular complexity index is 1470. The lowest BCUT2D eigenvalue weighted by Gasteiger charge is -2.34. The summed E-state index contributed by atoms with van der Waals surface area (Å²) in [5.41, 5.74) is 4.14. The van der Waals surface area contributed by atoms with Gasteiger partial charge in [0.1, 0.15) is 12.6 Å². The van der Waals surface area contributed by atoms with Crippen LogP contribution in [0.25, 0.3) is 0 Å². The lowest BCUT2D eigenvalue weighted by atomic mass is 9.95. The van der Waals surface area contributed by atoms with Crippen molar-refractivity contribution in [2.45, 2.75) is 89.7 Å². The first kappa shape index (κ1) is 31.3. The van der Waals surface area contributed by atoms with Crippen molar-refractivity contribution in [3.63, 3.8) is 0 Å². The number of carbonyl (C=O) groups excluding carboxylic acids is 2. The predicted molar refractivity (Wildman–Crippen MR) is 168 cm³/mol.